The van der Waals surface area contributed by atoms with Gasteiger partial charge in [-0.25, -0.2) is 14.8 Å². The van der Waals surface area contributed by atoms with Gasteiger partial charge in [0.2, 0.25) is 11.9 Å². The molecule has 2 aromatic heterocycles. The first-order valence-corrected chi connectivity index (χ1v) is 17.5. The quantitative estimate of drug-likeness (QED) is 0.136. The van der Waals surface area contributed by atoms with Crippen molar-refractivity contribution in [3.8, 4) is 0 Å². The van der Waals surface area contributed by atoms with Crippen molar-refractivity contribution in [2.24, 2.45) is 0 Å². The molecule has 0 saturated carbocycles. The minimum Gasteiger partial charge on any atom is -0.460 e. The molecule has 0 aliphatic heterocycles. The molecule has 3 rings (SSSR count). The molecule has 0 fully saturated rings. The van der Waals surface area contributed by atoms with E-state index in [1.807, 2.05) is 11.9 Å². The van der Waals surface area contributed by atoms with Gasteiger partial charge in [0.05, 0.1) is 18.4 Å². The average molecular weight is 752 g/mol. The molecular formula is C37H53N9O8. The van der Waals surface area contributed by atoms with Crippen LogP contribution >= 0.6 is 0 Å². The summed E-state index contributed by atoms with van der Waals surface area (Å²) in [4.78, 5) is 84.2. The number of ether oxygens (including phenoxy) is 3. The maximum Gasteiger partial charge on any atom is 0.329 e. The van der Waals surface area contributed by atoms with Gasteiger partial charge in [0.25, 0.3) is 5.91 Å². The molecule has 3 aromatic rings. The number of rotatable bonds is 14. The molecule has 1 aromatic carbocycles. The molecule has 294 valence electrons. The molecular weight excluding hydrogens is 698 g/mol. The van der Waals surface area contributed by atoms with E-state index >= 15 is 0 Å². The molecule has 0 radical (unpaired) electrons. The fourth-order valence-corrected chi connectivity index (χ4v) is 4.97. The van der Waals surface area contributed by atoms with Crippen LogP contribution in [0.2, 0.25) is 0 Å². The second kappa shape index (κ2) is 17.5. The summed E-state index contributed by atoms with van der Waals surface area (Å²) in [5, 5.41) is 5.31. The lowest BCUT2D eigenvalue weighted by molar-refractivity contribution is -0.160. The molecule has 2 atom stereocenters. The summed E-state index contributed by atoms with van der Waals surface area (Å²) in [5.74, 6) is -3.16. The largest absolute Gasteiger partial charge is 0.460 e. The van der Waals surface area contributed by atoms with Crippen molar-refractivity contribution in [1.82, 2.24) is 30.6 Å². The van der Waals surface area contributed by atoms with Crippen molar-refractivity contribution >= 4 is 58.3 Å². The van der Waals surface area contributed by atoms with Crippen molar-refractivity contribution < 1.29 is 38.2 Å². The third-order valence-electron chi connectivity index (χ3n) is 7.21. The van der Waals surface area contributed by atoms with Crippen molar-refractivity contribution in [1.29, 1.82) is 0 Å². The van der Waals surface area contributed by atoms with E-state index in [0.717, 1.165) is 5.69 Å². The monoisotopic (exact) mass is 751 g/mol. The number of nitrogens with one attached hydrogen (secondary N) is 2. The fourth-order valence-electron chi connectivity index (χ4n) is 4.97. The summed E-state index contributed by atoms with van der Waals surface area (Å²) in [6, 6.07) is 4.06. The van der Waals surface area contributed by atoms with Crippen molar-refractivity contribution in [3.05, 3.63) is 41.7 Å². The van der Waals surface area contributed by atoms with Gasteiger partial charge in [0, 0.05) is 31.1 Å². The highest BCUT2D eigenvalue weighted by Crippen LogP contribution is 2.20. The van der Waals surface area contributed by atoms with Gasteiger partial charge >= 0.3 is 17.9 Å². The zero-order chi connectivity index (χ0) is 40.6. The number of carbonyl (C=O) groups is 5. The number of nitrogens with zero attached hydrogens (tertiary/aromatic N) is 5. The van der Waals surface area contributed by atoms with Gasteiger partial charge in [-0.3, -0.25) is 19.2 Å². The lowest BCUT2D eigenvalue weighted by Gasteiger charge is -2.27. The molecule has 17 nitrogen and oxygen atoms in total. The molecule has 2 amide bonds. The third-order valence-corrected chi connectivity index (χ3v) is 7.21. The van der Waals surface area contributed by atoms with E-state index in [-0.39, 0.29) is 48.7 Å². The Morgan fingerprint density at radius 2 is 1.28 bits per heavy atom. The first-order valence-electron chi connectivity index (χ1n) is 17.5. The Morgan fingerprint density at radius 1 is 0.741 bits per heavy atom. The molecule has 0 aliphatic rings. The number of nitrogen functional groups attached to an aromatic ring is 2. The fraction of sp³-hybridized carbons (Fsp3) is 0.541. The number of carbonyl (C=O) groups excluding carboxylic acids is 5. The Labute approximate surface area is 315 Å². The second-order valence-corrected chi connectivity index (χ2v) is 15.8. The van der Waals surface area contributed by atoms with Crippen LogP contribution in [0.5, 0.6) is 0 Å². The second-order valence-electron chi connectivity index (χ2n) is 15.8. The predicted octanol–water partition coefficient (Wildman–Crippen LogP) is 3.39. The van der Waals surface area contributed by atoms with E-state index in [4.69, 9.17) is 25.7 Å². The Kier molecular flexibility index (Phi) is 13.9. The number of hydrogen-bond donors (Lipinski definition) is 4. The van der Waals surface area contributed by atoms with Crippen molar-refractivity contribution in [2.45, 2.75) is 123 Å². The van der Waals surface area contributed by atoms with E-state index in [1.54, 1.807) is 92.8 Å². The van der Waals surface area contributed by atoms with Crippen LogP contribution in [0.15, 0.2) is 30.5 Å². The van der Waals surface area contributed by atoms with E-state index in [2.05, 4.69) is 30.6 Å². The van der Waals surface area contributed by atoms with Crippen LogP contribution in [-0.4, -0.2) is 85.6 Å². The van der Waals surface area contributed by atoms with Crippen LogP contribution < -0.4 is 27.0 Å². The van der Waals surface area contributed by atoms with Crippen LogP contribution in [0.4, 0.5) is 17.5 Å². The van der Waals surface area contributed by atoms with Crippen LogP contribution in [0, 0.1) is 0 Å². The Hall–Kier alpha value is -5.61. The average Bonchev–Trinajstić information content (AvgIpc) is 3.02. The lowest BCUT2D eigenvalue weighted by atomic mass is 10.1. The number of hydrogen-bond acceptors (Lipinski definition) is 15. The first kappa shape index (κ1) is 42.8. The number of aromatic nitrogens is 4. The highest BCUT2D eigenvalue weighted by Gasteiger charge is 2.32. The number of nitrogens with two attached hydrogens (primary N) is 2. The summed E-state index contributed by atoms with van der Waals surface area (Å²) < 4.78 is 16.3. The summed E-state index contributed by atoms with van der Waals surface area (Å²) in [6.07, 6.45) is 0.882. The molecule has 0 aliphatic carbocycles. The molecule has 0 unspecified atom stereocenters. The number of anilines is 3. The SMILES string of the molecule is CN(Cc1cnc2nc(N)nc(N)c2n1)c1ccc(C(=O)N[C@@H](CCC(=O)OC(C)(C)C)C(=O)N[C@@H](CCC(=O)OC(C)(C)C)C(=O)OC(C)(C)C)cc1. The van der Waals surface area contributed by atoms with Gasteiger partial charge in [-0.05, 0) is 99.4 Å². The van der Waals surface area contributed by atoms with Gasteiger partial charge in [-0.2, -0.15) is 9.97 Å². The van der Waals surface area contributed by atoms with Crippen LogP contribution in [0.25, 0.3) is 11.2 Å². The molecule has 2 heterocycles. The minimum atomic E-state index is -1.27. The number of amides is 2. The molecule has 0 spiro atoms. The first-order chi connectivity index (χ1) is 24.9. The van der Waals surface area contributed by atoms with Gasteiger partial charge in [0.15, 0.2) is 17.0 Å². The minimum absolute atomic E-state index is 0.00132. The van der Waals surface area contributed by atoms with Crippen molar-refractivity contribution in [2.75, 3.05) is 23.4 Å². The Morgan fingerprint density at radius 3 is 1.81 bits per heavy atom. The van der Waals surface area contributed by atoms with Gasteiger partial charge < -0.3 is 41.2 Å². The van der Waals surface area contributed by atoms with Gasteiger partial charge in [0.1, 0.15) is 28.9 Å². The normalized spacial score (nSPS) is 13.0. The predicted molar refractivity (Wildman–Crippen MR) is 202 cm³/mol. The molecule has 54 heavy (non-hydrogen) atoms. The van der Waals surface area contributed by atoms with E-state index in [0.29, 0.717) is 17.8 Å². The summed E-state index contributed by atoms with van der Waals surface area (Å²) in [5.41, 5.74) is 11.3. The topological polar surface area (TPSA) is 244 Å². The number of benzene rings is 1. The third kappa shape index (κ3) is 14.1. The molecule has 0 saturated heterocycles. The summed E-state index contributed by atoms with van der Waals surface area (Å²) >= 11 is 0. The molecule has 17 heteroatoms. The Balaban J connectivity index is 1.78. The molecule has 6 N–H and O–H groups in total. The van der Waals surface area contributed by atoms with Crippen molar-refractivity contribution in [3.63, 3.8) is 0 Å². The Bertz CT molecular complexity index is 1830. The highest BCUT2D eigenvalue weighted by atomic mass is 16.6. The van der Waals surface area contributed by atoms with E-state index in [1.165, 1.54) is 0 Å². The van der Waals surface area contributed by atoms with E-state index < -0.39 is 58.6 Å². The zero-order valence-corrected chi connectivity index (χ0v) is 32.7. The van der Waals surface area contributed by atoms with Crippen LogP contribution in [-0.2, 0) is 39.9 Å². The molecule has 0 bridgehead atoms. The van der Waals surface area contributed by atoms with Gasteiger partial charge in [-0.15, -0.1) is 0 Å². The number of esters is 3. The van der Waals surface area contributed by atoms with Gasteiger partial charge in [-0.1, -0.05) is 0 Å². The maximum atomic E-state index is 13.8. The summed E-state index contributed by atoms with van der Waals surface area (Å²) in [6.45, 7) is 15.6. The number of fused-ring (bicyclic) bond motifs is 1. The standard InChI is InChI=1S/C37H53N9O8/c1-35(2,3)52-26(47)17-15-24(32(50)43-25(33(51)54-37(7,8)9)16-18-27(48)53-36(4,5)6)42-31(49)21-11-13-23(14-12-21)46(10)20-22-19-40-30-28(41-22)29(38)44-34(39)45-30/h11-14,19,24-25H,15-18,20H2,1-10H3,(H,42,49)(H,43,50)(H4,38,39,40,44,45)/t24-,25-/m0/s1. The maximum absolute atomic E-state index is 13.8. The highest BCUT2D eigenvalue weighted by molar-refractivity contribution is 5.98. The van der Waals surface area contributed by atoms with Crippen LogP contribution in [0.1, 0.15) is 104 Å². The smallest absolute Gasteiger partial charge is 0.329 e. The zero-order valence-electron chi connectivity index (χ0n) is 32.7. The van der Waals surface area contributed by atoms with Crippen LogP contribution in [0.3, 0.4) is 0 Å². The lowest BCUT2D eigenvalue weighted by Crippen LogP contribution is -2.53. The summed E-state index contributed by atoms with van der Waals surface area (Å²) in [7, 11) is 1.82. The van der Waals surface area contributed by atoms with E-state index in [9.17, 15) is 24.0 Å².